The molecule has 0 aromatic rings. The number of hydrogen-bond acceptors (Lipinski definition) is 2. The summed E-state index contributed by atoms with van der Waals surface area (Å²) in [5.74, 6) is 0. The molecule has 0 spiro atoms. The van der Waals surface area contributed by atoms with Crippen molar-refractivity contribution in [2.45, 2.75) is 0 Å². The Balaban J connectivity index is -0.0000000450. The second-order valence-electron chi connectivity index (χ2n) is 0.238. The maximum atomic E-state index is 8.36. The summed E-state index contributed by atoms with van der Waals surface area (Å²) in [6.45, 7) is 0. The molecule has 4 nitrogen and oxygen atoms in total. The van der Waals surface area contributed by atoms with E-state index in [9.17, 15) is 0 Å². The Morgan fingerprint density at radius 2 is 1.67 bits per heavy atom. The van der Waals surface area contributed by atoms with Gasteiger partial charge in [-0.05, 0) is 0 Å². The van der Waals surface area contributed by atoms with E-state index < -0.39 is 5.09 Å². The van der Waals surface area contributed by atoms with Crippen molar-refractivity contribution in [1.29, 1.82) is 0 Å². The van der Waals surface area contributed by atoms with E-state index in [2.05, 4.69) is 0 Å². The summed E-state index contributed by atoms with van der Waals surface area (Å²) in [4.78, 5) is 8.36. The van der Waals surface area contributed by atoms with Crippen molar-refractivity contribution in [3.8, 4) is 0 Å². The largest absolute Gasteiger partial charge is 0.328 e. The minimum atomic E-state index is -1.50. The Morgan fingerprint density at radius 3 is 1.67 bits per heavy atom. The van der Waals surface area contributed by atoms with Crippen LogP contribution in [0.15, 0.2) is 0 Å². The summed E-state index contributed by atoms with van der Waals surface area (Å²) in [7, 11) is 0. The fourth-order valence-electron chi connectivity index (χ4n) is 0. The van der Waals surface area contributed by atoms with E-state index in [1.165, 1.54) is 0 Å². The van der Waals surface area contributed by atoms with Gasteiger partial charge >= 0.3 is 0 Å². The molecule has 43 valence electrons. The number of hydrogen-bond donors (Lipinski definition) is 1. The number of rotatable bonds is 0. The summed E-state index contributed by atoms with van der Waals surface area (Å²) in [6, 6.07) is 0. The molecule has 0 atom stereocenters. The van der Waals surface area contributed by atoms with Gasteiger partial charge in [-0.25, -0.2) is 0 Å². The van der Waals surface area contributed by atoms with Crippen LogP contribution in [-0.4, -0.2) is 10.3 Å². The molecule has 0 aromatic heterocycles. The minimum Gasteiger partial charge on any atom is -0.328 e. The summed E-state index contributed by atoms with van der Waals surface area (Å²) in [6.07, 6.45) is 0. The van der Waals surface area contributed by atoms with Gasteiger partial charge in [-0.3, -0.25) is 0 Å². The van der Waals surface area contributed by atoms with Gasteiger partial charge in [0.15, 0.2) is 0 Å². The first-order valence-electron chi connectivity index (χ1n) is 0.565. The molecule has 0 rings (SSSR count). The Labute approximate surface area is 60.0 Å². The van der Waals surface area contributed by atoms with E-state index in [1.54, 1.807) is 0 Å². The Morgan fingerprint density at radius 1 is 1.67 bits per heavy atom. The van der Waals surface area contributed by atoms with Crippen LogP contribution in [0.3, 0.4) is 0 Å². The number of nitrogens with zero attached hydrogens (tertiary/aromatic N) is 1. The van der Waals surface area contributed by atoms with E-state index in [0.717, 1.165) is 0 Å². The van der Waals surface area contributed by atoms with Gasteiger partial charge in [0.25, 0.3) is 5.09 Å². The molecule has 0 unspecified atom stereocenters. The van der Waals surface area contributed by atoms with E-state index in [-0.39, 0.29) is 39.4 Å². The predicted molar refractivity (Wildman–Crippen MR) is 8.78 cm³/mol. The molecular formula is HAgFeNO3. The van der Waals surface area contributed by atoms with Crippen LogP contribution in [0.1, 0.15) is 0 Å². The SMILES string of the molecule is O=[N+]([O-])O.[Ag].[Fe]. The molecule has 1 N–H and O–H groups in total. The summed E-state index contributed by atoms with van der Waals surface area (Å²) in [5.41, 5.74) is 0. The van der Waals surface area contributed by atoms with Gasteiger partial charge in [0, 0.05) is 39.4 Å². The van der Waals surface area contributed by atoms with E-state index in [0.29, 0.717) is 0 Å². The van der Waals surface area contributed by atoms with Crippen LogP contribution in [0.5, 0.6) is 0 Å². The van der Waals surface area contributed by atoms with Crippen LogP contribution in [-0.2, 0) is 39.4 Å². The van der Waals surface area contributed by atoms with Gasteiger partial charge in [0.05, 0.1) is 0 Å². The van der Waals surface area contributed by atoms with Crippen molar-refractivity contribution in [2.75, 3.05) is 0 Å². The van der Waals surface area contributed by atoms with Crippen molar-refractivity contribution >= 4 is 0 Å². The van der Waals surface area contributed by atoms with Crippen LogP contribution in [0, 0.1) is 10.1 Å². The Kier molecular flexibility index (Phi) is 24.3. The maximum Gasteiger partial charge on any atom is 0.291 e. The predicted octanol–water partition coefficient (Wildman–Crippen LogP) is -0.353. The van der Waals surface area contributed by atoms with Crippen molar-refractivity contribution < 1.29 is 49.7 Å². The van der Waals surface area contributed by atoms with E-state index in [1.807, 2.05) is 0 Å². The third-order valence-corrected chi connectivity index (χ3v) is 0. The van der Waals surface area contributed by atoms with Crippen LogP contribution < -0.4 is 0 Å². The molecule has 0 amide bonds. The molecule has 0 saturated heterocycles. The monoisotopic (exact) mass is 226 g/mol. The van der Waals surface area contributed by atoms with Gasteiger partial charge in [-0.15, -0.1) is 10.1 Å². The molecule has 1 radical (unpaired) electrons. The molecular weight excluding hydrogens is 226 g/mol. The van der Waals surface area contributed by atoms with Crippen LogP contribution in [0.25, 0.3) is 0 Å². The molecule has 0 bridgehead atoms. The molecule has 0 aliphatic carbocycles. The normalized spacial score (nSPS) is 4.00. The third-order valence-electron chi connectivity index (χ3n) is 0. The third kappa shape index (κ3) is 253. The Hall–Kier alpha value is 0.460. The summed E-state index contributed by atoms with van der Waals surface area (Å²) in [5, 5.41) is 13.6. The zero-order valence-corrected chi connectivity index (χ0v) is 4.95. The maximum absolute atomic E-state index is 8.36. The topological polar surface area (TPSA) is 63.4 Å². The average molecular weight is 227 g/mol. The first-order chi connectivity index (χ1) is 1.73. The average Bonchev–Trinajstić information content (AvgIpc) is 0.811. The van der Waals surface area contributed by atoms with Gasteiger partial charge in [-0.2, -0.15) is 0 Å². The summed E-state index contributed by atoms with van der Waals surface area (Å²) >= 11 is 0. The van der Waals surface area contributed by atoms with Crippen molar-refractivity contribution in [3.05, 3.63) is 10.1 Å². The van der Waals surface area contributed by atoms with Crippen molar-refractivity contribution in [2.24, 2.45) is 0 Å². The second kappa shape index (κ2) is 9.07. The molecule has 0 fully saturated rings. The van der Waals surface area contributed by atoms with Crippen LogP contribution in [0.4, 0.5) is 0 Å². The first-order valence-corrected chi connectivity index (χ1v) is 0.565. The quantitative estimate of drug-likeness (QED) is 0.349. The van der Waals surface area contributed by atoms with E-state index >= 15 is 0 Å². The zero-order chi connectivity index (χ0) is 3.58. The zero-order valence-electron chi connectivity index (χ0n) is 2.37. The fraction of sp³-hybridized carbons (Fsp3) is 0. The Bertz CT molecular complexity index is 33.8. The van der Waals surface area contributed by atoms with Crippen molar-refractivity contribution in [1.82, 2.24) is 0 Å². The molecule has 6 heteroatoms. The molecule has 0 aromatic carbocycles. The second-order valence-corrected chi connectivity index (χ2v) is 0.238. The van der Waals surface area contributed by atoms with Gasteiger partial charge in [-0.1, -0.05) is 0 Å². The van der Waals surface area contributed by atoms with Crippen molar-refractivity contribution in [3.63, 3.8) is 0 Å². The standard InChI is InChI=1S/Ag.Fe.HNO3/c;;2-1(3)4/h;;(H,2,3,4). The molecule has 0 saturated carbocycles. The molecule has 0 aliphatic heterocycles. The minimum absolute atomic E-state index is 0. The smallest absolute Gasteiger partial charge is 0.291 e. The molecule has 0 aliphatic rings. The van der Waals surface area contributed by atoms with Crippen LogP contribution >= 0.6 is 0 Å². The molecule has 6 heavy (non-hydrogen) atoms. The fourth-order valence-corrected chi connectivity index (χ4v) is 0. The van der Waals surface area contributed by atoms with Crippen LogP contribution in [0.2, 0.25) is 0 Å². The van der Waals surface area contributed by atoms with Gasteiger partial charge < -0.3 is 5.21 Å². The molecule has 0 heterocycles. The summed E-state index contributed by atoms with van der Waals surface area (Å²) < 4.78 is 0. The van der Waals surface area contributed by atoms with Gasteiger partial charge in [0.1, 0.15) is 0 Å². The van der Waals surface area contributed by atoms with E-state index in [4.69, 9.17) is 15.3 Å². The first kappa shape index (κ1) is 16.1. The van der Waals surface area contributed by atoms with Gasteiger partial charge in [0.2, 0.25) is 0 Å².